The molecule has 1 aromatic rings. The number of aryl methyl sites for hydroxylation is 2. The molecule has 2 nitrogen and oxygen atoms in total. The predicted molar refractivity (Wildman–Crippen MR) is 44.6 cm³/mol. The van der Waals surface area contributed by atoms with Gasteiger partial charge in [0.05, 0.1) is 6.61 Å². The van der Waals surface area contributed by atoms with Crippen LogP contribution in [0.15, 0.2) is 6.07 Å². The van der Waals surface area contributed by atoms with Gasteiger partial charge in [0.25, 0.3) is 6.43 Å². The van der Waals surface area contributed by atoms with E-state index in [1.807, 2.05) is 0 Å². The lowest BCUT2D eigenvalue weighted by atomic mass is 10.1. The Bertz CT molecular complexity index is 289. The first-order valence-electron chi connectivity index (χ1n) is 3.92. The van der Waals surface area contributed by atoms with E-state index in [0.29, 0.717) is 16.8 Å². The summed E-state index contributed by atoms with van der Waals surface area (Å²) in [5, 5.41) is 8.90. The molecule has 13 heavy (non-hydrogen) atoms. The van der Waals surface area contributed by atoms with Gasteiger partial charge in [0.15, 0.2) is 0 Å². The van der Waals surface area contributed by atoms with Gasteiger partial charge in [0.1, 0.15) is 5.69 Å². The van der Waals surface area contributed by atoms with Gasteiger partial charge in [0.2, 0.25) is 0 Å². The summed E-state index contributed by atoms with van der Waals surface area (Å²) < 4.78 is 24.5. The summed E-state index contributed by atoms with van der Waals surface area (Å²) in [6.07, 6.45) is -2.55. The molecule has 1 aromatic heterocycles. The molecule has 1 rings (SSSR count). The number of halogens is 2. The van der Waals surface area contributed by atoms with Gasteiger partial charge in [-0.25, -0.2) is 8.78 Å². The van der Waals surface area contributed by atoms with Gasteiger partial charge in [-0.15, -0.1) is 0 Å². The second kappa shape index (κ2) is 3.79. The maximum atomic E-state index is 12.2. The van der Waals surface area contributed by atoms with Crippen LogP contribution in [-0.4, -0.2) is 10.1 Å². The summed E-state index contributed by atoms with van der Waals surface area (Å²) in [4.78, 5) is 3.69. The minimum Gasteiger partial charge on any atom is -0.392 e. The Morgan fingerprint density at radius 3 is 2.46 bits per heavy atom. The lowest BCUT2D eigenvalue weighted by Gasteiger charge is -2.08. The molecular formula is C9H11F2NO. The van der Waals surface area contributed by atoms with Crippen molar-refractivity contribution < 1.29 is 13.9 Å². The van der Waals surface area contributed by atoms with Crippen molar-refractivity contribution in [2.24, 2.45) is 0 Å². The molecule has 0 atom stereocenters. The van der Waals surface area contributed by atoms with Crippen LogP contribution in [0.1, 0.15) is 28.9 Å². The number of hydrogen-bond acceptors (Lipinski definition) is 2. The second-order valence-corrected chi connectivity index (χ2v) is 2.89. The average Bonchev–Trinajstić information content (AvgIpc) is 2.03. The summed E-state index contributed by atoms with van der Waals surface area (Å²) in [6.45, 7) is 3.14. The molecule has 4 heteroatoms. The van der Waals surface area contributed by atoms with Crippen molar-refractivity contribution in [1.82, 2.24) is 4.98 Å². The highest BCUT2D eigenvalue weighted by Crippen LogP contribution is 2.21. The third-order valence-corrected chi connectivity index (χ3v) is 1.96. The summed E-state index contributed by atoms with van der Waals surface area (Å²) in [5.74, 6) is 0. The standard InChI is InChI=1S/C9H11F2NO/c1-5-3-8(9(10)11)12-6(2)7(5)4-13/h3,9,13H,4H2,1-2H3. The fourth-order valence-electron chi connectivity index (χ4n) is 1.24. The van der Waals surface area contributed by atoms with E-state index in [1.54, 1.807) is 13.8 Å². The molecule has 0 aliphatic carbocycles. The molecule has 0 unspecified atom stereocenters. The van der Waals surface area contributed by atoms with Crippen molar-refractivity contribution in [3.63, 3.8) is 0 Å². The molecular weight excluding hydrogens is 176 g/mol. The van der Waals surface area contributed by atoms with Crippen LogP contribution < -0.4 is 0 Å². The highest BCUT2D eigenvalue weighted by atomic mass is 19.3. The van der Waals surface area contributed by atoms with Crippen molar-refractivity contribution >= 4 is 0 Å². The van der Waals surface area contributed by atoms with Gasteiger partial charge in [-0.2, -0.15) is 0 Å². The third-order valence-electron chi connectivity index (χ3n) is 1.96. The number of alkyl halides is 2. The van der Waals surface area contributed by atoms with Crippen LogP contribution in [0.25, 0.3) is 0 Å². The predicted octanol–water partition coefficient (Wildman–Crippen LogP) is 2.13. The minimum absolute atomic E-state index is 0.159. The van der Waals surface area contributed by atoms with Gasteiger partial charge < -0.3 is 5.11 Å². The number of aliphatic hydroxyl groups excluding tert-OH is 1. The normalized spacial score (nSPS) is 10.9. The lowest BCUT2D eigenvalue weighted by Crippen LogP contribution is -2.01. The van der Waals surface area contributed by atoms with Crippen LogP contribution >= 0.6 is 0 Å². The van der Waals surface area contributed by atoms with Crippen LogP contribution in [0.4, 0.5) is 8.78 Å². The zero-order valence-electron chi connectivity index (χ0n) is 7.51. The Balaban J connectivity index is 3.20. The molecule has 0 bridgehead atoms. The number of pyridine rings is 1. The molecule has 0 fully saturated rings. The third kappa shape index (κ3) is 2.01. The number of hydrogen-bond donors (Lipinski definition) is 1. The van der Waals surface area contributed by atoms with E-state index in [1.165, 1.54) is 6.07 Å². The molecule has 0 amide bonds. The van der Waals surface area contributed by atoms with Crippen LogP contribution in [0.3, 0.4) is 0 Å². The van der Waals surface area contributed by atoms with Gasteiger partial charge in [-0.3, -0.25) is 4.98 Å². The first-order valence-corrected chi connectivity index (χ1v) is 3.92. The van der Waals surface area contributed by atoms with Crippen LogP contribution in [0.5, 0.6) is 0 Å². The second-order valence-electron chi connectivity index (χ2n) is 2.89. The SMILES string of the molecule is Cc1cc(C(F)F)nc(C)c1CO. The number of nitrogens with zero attached hydrogens (tertiary/aromatic N) is 1. The van der Waals surface area contributed by atoms with E-state index in [4.69, 9.17) is 5.11 Å². The Labute approximate surface area is 75.2 Å². The molecule has 0 aromatic carbocycles. The van der Waals surface area contributed by atoms with Gasteiger partial charge in [0, 0.05) is 11.3 Å². The van der Waals surface area contributed by atoms with Crippen LogP contribution in [0, 0.1) is 13.8 Å². The molecule has 72 valence electrons. The van der Waals surface area contributed by atoms with Crippen molar-refractivity contribution in [2.75, 3.05) is 0 Å². The van der Waals surface area contributed by atoms with E-state index >= 15 is 0 Å². The molecule has 0 saturated heterocycles. The maximum absolute atomic E-state index is 12.2. The largest absolute Gasteiger partial charge is 0.392 e. The van der Waals surface area contributed by atoms with E-state index in [2.05, 4.69) is 4.98 Å². The zero-order chi connectivity index (χ0) is 10.0. The van der Waals surface area contributed by atoms with Crippen molar-refractivity contribution in [1.29, 1.82) is 0 Å². The summed E-state index contributed by atoms with van der Waals surface area (Å²) in [7, 11) is 0. The quantitative estimate of drug-likeness (QED) is 0.769. The van der Waals surface area contributed by atoms with Gasteiger partial charge >= 0.3 is 0 Å². The fourth-order valence-corrected chi connectivity index (χ4v) is 1.24. The summed E-state index contributed by atoms with van der Waals surface area (Å²) in [5.41, 5.74) is 1.53. The first-order chi connectivity index (χ1) is 6.06. The highest BCUT2D eigenvalue weighted by Gasteiger charge is 2.12. The van der Waals surface area contributed by atoms with Crippen LogP contribution in [0.2, 0.25) is 0 Å². The zero-order valence-corrected chi connectivity index (χ0v) is 7.51. The van der Waals surface area contributed by atoms with Crippen molar-refractivity contribution in [2.45, 2.75) is 26.9 Å². The molecule has 0 aliphatic rings. The maximum Gasteiger partial charge on any atom is 0.280 e. The first kappa shape index (κ1) is 10.1. The van der Waals surface area contributed by atoms with Gasteiger partial charge in [-0.05, 0) is 25.5 Å². The van der Waals surface area contributed by atoms with Crippen molar-refractivity contribution in [3.05, 3.63) is 28.6 Å². The Morgan fingerprint density at radius 2 is 2.08 bits per heavy atom. The van der Waals surface area contributed by atoms with Crippen molar-refractivity contribution in [3.8, 4) is 0 Å². The van der Waals surface area contributed by atoms with E-state index in [-0.39, 0.29) is 12.3 Å². The summed E-state index contributed by atoms with van der Waals surface area (Å²) in [6, 6.07) is 1.31. The molecule has 0 saturated carbocycles. The smallest absolute Gasteiger partial charge is 0.280 e. The number of rotatable bonds is 2. The Hall–Kier alpha value is -1.03. The molecule has 0 aliphatic heterocycles. The Kier molecular flexibility index (Phi) is 2.93. The minimum atomic E-state index is -2.55. The number of aromatic nitrogens is 1. The van der Waals surface area contributed by atoms with Crippen LogP contribution in [-0.2, 0) is 6.61 Å². The van der Waals surface area contributed by atoms with Gasteiger partial charge in [-0.1, -0.05) is 0 Å². The highest BCUT2D eigenvalue weighted by molar-refractivity contribution is 5.30. The van der Waals surface area contributed by atoms with E-state index < -0.39 is 6.43 Å². The van der Waals surface area contributed by atoms with E-state index in [0.717, 1.165) is 0 Å². The Morgan fingerprint density at radius 1 is 1.46 bits per heavy atom. The topological polar surface area (TPSA) is 33.1 Å². The lowest BCUT2D eigenvalue weighted by molar-refractivity contribution is 0.145. The molecule has 1 heterocycles. The molecule has 0 radical (unpaired) electrons. The molecule has 0 spiro atoms. The number of aliphatic hydroxyl groups is 1. The fraction of sp³-hybridized carbons (Fsp3) is 0.444. The summed E-state index contributed by atoms with van der Waals surface area (Å²) >= 11 is 0. The average molecular weight is 187 g/mol. The van der Waals surface area contributed by atoms with E-state index in [9.17, 15) is 8.78 Å². The molecule has 1 N–H and O–H groups in total. The monoisotopic (exact) mass is 187 g/mol.